The monoisotopic (exact) mass is 373 g/mol. The summed E-state index contributed by atoms with van der Waals surface area (Å²) in [6.45, 7) is 3.96. The summed E-state index contributed by atoms with van der Waals surface area (Å²) in [6.07, 6.45) is 3.37. The molecule has 1 aromatic carbocycles. The number of nitrogens with zero attached hydrogens (tertiary/aromatic N) is 4. The van der Waals surface area contributed by atoms with Gasteiger partial charge in [0.1, 0.15) is 12.9 Å². The van der Waals surface area contributed by atoms with Crippen molar-refractivity contribution >= 4 is 40.2 Å². The lowest BCUT2D eigenvalue weighted by Crippen LogP contribution is -2.14. The molecule has 136 valence electrons. The van der Waals surface area contributed by atoms with Crippen molar-refractivity contribution in [1.82, 2.24) is 19.3 Å². The van der Waals surface area contributed by atoms with Crippen molar-refractivity contribution in [1.29, 1.82) is 0 Å². The molecule has 0 fully saturated rings. The first-order chi connectivity index (χ1) is 12.4. The molecule has 0 bridgehead atoms. The zero-order valence-corrected chi connectivity index (χ0v) is 15.2. The van der Waals surface area contributed by atoms with Crippen LogP contribution < -0.4 is 5.32 Å². The number of carboxylic acid groups (broad SMARTS) is 1. The fourth-order valence-electron chi connectivity index (χ4n) is 2.58. The third-order valence-corrected chi connectivity index (χ3v) is 4.75. The second kappa shape index (κ2) is 7.61. The number of anilines is 1. The summed E-state index contributed by atoms with van der Waals surface area (Å²) in [5.41, 5.74) is 1.48. The molecule has 2 aromatic heterocycles. The predicted molar refractivity (Wildman–Crippen MR) is 99.3 cm³/mol. The second-order valence-electron chi connectivity index (χ2n) is 6.06. The lowest BCUT2D eigenvalue weighted by atomic mass is 10.2. The Balaban J connectivity index is 1.64. The molecule has 0 saturated heterocycles. The number of thioether (sulfide) groups is 1. The topological polar surface area (TPSA) is 102 Å². The predicted octanol–water partition coefficient (Wildman–Crippen LogP) is 2.63. The van der Waals surface area contributed by atoms with Crippen LogP contribution in [0.25, 0.3) is 10.9 Å². The van der Waals surface area contributed by atoms with Crippen molar-refractivity contribution < 1.29 is 14.7 Å². The summed E-state index contributed by atoms with van der Waals surface area (Å²) < 4.78 is 3.56. The number of nitrogens with one attached hydrogen (secondary N) is 1. The molecule has 0 spiro atoms. The van der Waals surface area contributed by atoms with Gasteiger partial charge in [0.15, 0.2) is 5.16 Å². The smallest absolute Gasteiger partial charge is 0.323 e. The van der Waals surface area contributed by atoms with E-state index in [2.05, 4.69) is 15.5 Å². The van der Waals surface area contributed by atoms with Crippen LogP contribution in [-0.4, -0.2) is 42.1 Å². The fraction of sp³-hybridized carbons (Fsp3) is 0.294. The Morgan fingerprint density at radius 1 is 1.31 bits per heavy atom. The van der Waals surface area contributed by atoms with E-state index in [1.807, 2.05) is 30.5 Å². The molecule has 0 radical (unpaired) electrons. The molecule has 0 atom stereocenters. The van der Waals surface area contributed by atoms with Crippen LogP contribution in [0.4, 0.5) is 5.69 Å². The van der Waals surface area contributed by atoms with Crippen molar-refractivity contribution in [2.75, 3.05) is 11.1 Å². The standard InChI is InChI=1S/C17H19N5O3S/c1-11(2)22-10-18-20-17(22)26-9-15(23)19-13-3-4-14-12(7-13)5-6-21(14)8-16(24)25/h3-7,10-11H,8-9H2,1-2H3,(H,19,23)(H,24,25). The van der Waals surface area contributed by atoms with Crippen molar-refractivity contribution in [3.8, 4) is 0 Å². The van der Waals surface area contributed by atoms with Gasteiger partial charge in [-0.25, -0.2) is 0 Å². The summed E-state index contributed by atoms with van der Waals surface area (Å²) in [7, 11) is 0. The Hall–Kier alpha value is -2.81. The Kier molecular flexibility index (Phi) is 5.27. The maximum Gasteiger partial charge on any atom is 0.323 e. The molecule has 9 heteroatoms. The SMILES string of the molecule is CC(C)n1cnnc1SCC(=O)Nc1ccc2c(ccn2CC(=O)O)c1. The number of aliphatic carboxylic acids is 1. The van der Waals surface area contributed by atoms with Gasteiger partial charge in [-0.1, -0.05) is 11.8 Å². The number of carbonyl (C=O) groups is 2. The highest BCUT2D eigenvalue weighted by molar-refractivity contribution is 7.99. The summed E-state index contributed by atoms with van der Waals surface area (Å²) in [6, 6.07) is 7.45. The molecule has 3 aromatic rings. The molecule has 0 aliphatic carbocycles. The van der Waals surface area contributed by atoms with E-state index in [9.17, 15) is 9.59 Å². The molecule has 0 unspecified atom stereocenters. The van der Waals surface area contributed by atoms with Crippen molar-refractivity contribution in [3.05, 3.63) is 36.8 Å². The van der Waals surface area contributed by atoms with E-state index in [0.717, 1.165) is 10.9 Å². The highest BCUT2D eigenvalue weighted by Crippen LogP contribution is 2.22. The summed E-state index contributed by atoms with van der Waals surface area (Å²) in [4.78, 5) is 23.1. The van der Waals surface area contributed by atoms with Crippen molar-refractivity contribution in [2.45, 2.75) is 31.6 Å². The first-order valence-corrected chi connectivity index (χ1v) is 9.05. The van der Waals surface area contributed by atoms with E-state index in [0.29, 0.717) is 10.8 Å². The van der Waals surface area contributed by atoms with Crippen LogP contribution in [0.3, 0.4) is 0 Å². The average Bonchev–Trinajstić information content (AvgIpc) is 3.19. The number of amides is 1. The normalized spacial score (nSPS) is 11.2. The van der Waals surface area contributed by atoms with Crippen molar-refractivity contribution in [3.63, 3.8) is 0 Å². The van der Waals surface area contributed by atoms with E-state index < -0.39 is 5.97 Å². The Bertz CT molecular complexity index is 947. The Morgan fingerprint density at radius 3 is 2.85 bits per heavy atom. The van der Waals surface area contributed by atoms with E-state index in [4.69, 9.17) is 5.11 Å². The van der Waals surface area contributed by atoms with E-state index in [1.165, 1.54) is 11.8 Å². The molecule has 1 amide bonds. The lowest BCUT2D eigenvalue weighted by molar-refractivity contribution is -0.137. The molecule has 0 aliphatic rings. The highest BCUT2D eigenvalue weighted by Gasteiger charge is 2.11. The number of carbonyl (C=O) groups excluding carboxylic acids is 1. The third-order valence-electron chi connectivity index (χ3n) is 3.79. The maximum atomic E-state index is 12.2. The molecule has 3 rings (SSSR count). The molecule has 2 heterocycles. The van der Waals surface area contributed by atoms with Gasteiger partial charge in [0.25, 0.3) is 0 Å². The number of benzene rings is 1. The van der Waals surface area contributed by atoms with Crippen LogP contribution >= 0.6 is 11.8 Å². The van der Waals surface area contributed by atoms with Gasteiger partial charge in [-0.05, 0) is 38.1 Å². The quantitative estimate of drug-likeness (QED) is 0.617. The van der Waals surface area contributed by atoms with Gasteiger partial charge in [0, 0.05) is 28.8 Å². The number of fused-ring (bicyclic) bond motifs is 1. The van der Waals surface area contributed by atoms with Gasteiger partial charge in [-0.3, -0.25) is 9.59 Å². The fourth-order valence-corrected chi connectivity index (χ4v) is 3.42. The molecule has 26 heavy (non-hydrogen) atoms. The van der Waals surface area contributed by atoms with Gasteiger partial charge in [0.05, 0.1) is 5.75 Å². The zero-order valence-electron chi connectivity index (χ0n) is 14.4. The average molecular weight is 373 g/mol. The Labute approximate surface area is 154 Å². The van der Waals surface area contributed by atoms with E-state index in [-0.39, 0.29) is 24.2 Å². The van der Waals surface area contributed by atoms with Gasteiger partial charge < -0.3 is 19.6 Å². The number of hydrogen-bond acceptors (Lipinski definition) is 5. The molecule has 2 N–H and O–H groups in total. The summed E-state index contributed by atoms with van der Waals surface area (Å²) >= 11 is 1.33. The number of hydrogen-bond donors (Lipinski definition) is 2. The third kappa shape index (κ3) is 4.05. The molecule has 8 nitrogen and oxygen atoms in total. The van der Waals surface area contributed by atoms with Crippen LogP contribution in [0, 0.1) is 0 Å². The van der Waals surface area contributed by atoms with Gasteiger partial charge in [-0.15, -0.1) is 10.2 Å². The lowest BCUT2D eigenvalue weighted by Gasteiger charge is -2.09. The molecule has 0 saturated carbocycles. The molecule has 0 aliphatic heterocycles. The number of rotatable bonds is 7. The second-order valence-corrected chi connectivity index (χ2v) is 7.00. The molecular weight excluding hydrogens is 354 g/mol. The maximum absolute atomic E-state index is 12.2. The number of carboxylic acids is 1. The first kappa shape index (κ1) is 18.0. The molecular formula is C17H19N5O3S. The minimum absolute atomic E-state index is 0.0949. The minimum Gasteiger partial charge on any atom is -0.480 e. The van der Waals surface area contributed by atoms with E-state index >= 15 is 0 Å². The van der Waals surface area contributed by atoms with Gasteiger partial charge in [0.2, 0.25) is 5.91 Å². The van der Waals surface area contributed by atoms with Crippen LogP contribution in [0.2, 0.25) is 0 Å². The largest absolute Gasteiger partial charge is 0.480 e. The first-order valence-electron chi connectivity index (χ1n) is 8.07. The Morgan fingerprint density at radius 2 is 2.12 bits per heavy atom. The summed E-state index contributed by atoms with van der Waals surface area (Å²) in [5.74, 6) is -0.812. The van der Waals surface area contributed by atoms with Gasteiger partial charge >= 0.3 is 5.97 Å². The highest BCUT2D eigenvalue weighted by atomic mass is 32.2. The number of aromatic nitrogens is 4. The van der Waals surface area contributed by atoms with Crippen LogP contribution in [0.1, 0.15) is 19.9 Å². The van der Waals surface area contributed by atoms with E-state index in [1.54, 1.807) is 29.2 Å². The van der Waals surface area contributed by atoms with Crippen LogP contribution in [-0.2, 0) is 16.1 Å². The minimum atomic E-state index is -0.897. The van der Waals surface area contributed by atoms with Gasteiger partial charge in [-0.2, -0.15) is 0 Å². The summed E-state index contributed by atoms with van der Waals surface area (Å²) in [5, 5.41) is 21.3. The van der Waals surface area contributed by atoms with Crippen LogP contribution in [0.15, 0.2) is 41.9 Å². The van der Waals surface area contributed by atoms with Crippen molar-refractivity contribution in [2.24, 2.45) is 0 Å². The zero-order chi connectivity index (χ0) is 18.7. The van der Waals surface area contributed by atoms with Crippen LogP contribution in [0.5, 0.6) is 0 Å².